The van der Waals surface area contributed by atoms with Gasteiger partial charge in [0.25, 0.3) is 0 Å². The quantitative estimate of drug-likeness (QED) is 0.664. The van der Waals surface area contributed by atoms with E-state index in [4.69, 9.17) is 0 Å². The third kappa shape index (κ3) is 3.84. The maximum atomic E-state index is 13.6. The molecule has 5 rings (SSSR count). The monoisotopic (exact) mass is 424 g/mol. The molecule has 2 aromatic carbocycles. The number of alkyl halides is 3. The smallest absolute Gasteiger partial charge is 0.354 e. The van der Waals surface area contributed by atoms with E-state index in [1.165, 1.54) is 12.1 Å². The fourth-order valence-corrected chi connectivity index (χ4v) is 3.71. The summed E-state index contributed by atoms with van der Waals surface area (Å²) < 4.78 is 40.9. The molecule has 0 aliphatic carbocycles. The Kier molecular flexibility index (Phi) is 4.82. The van der Waals surface area contributed by atoms with Crippen molar-refractivity contribution in [1.82, 2.24) is 15.3 Å². The minimum Gasteiger partial charge on any atom is -0.354 e. The number of anilines is 2. The van der Waals surface area contributed by atoms with Gasteiger partial charge in [-0.25, -0.2) is 15.0 Å². The van der Waals surface area contributed by atoms with E-state index >= 15 is 0 Å². The lowest BCUT2D eigenvalue weighted by Crippen LogP contribution is -2.43. The van der Waals surface area contributed by atoms with Crippen LogP contribution in [0.5, 0.6) is 0 Å². The highest BCUT2D eigenvalue weighted by Crippen LogP contribution is 2.37. The van der Waals surface area contributed by atoms with Gasteiger partial charge >= 0.3 is 6.18 Å². The second kappa shape index (κ2) is 7.66. The Morgan fingerprint density at radius 2 is 1.61 bits per heavy atom. The molecule has 2 aliphatic rings. The molecule has 0 radical (unpaired) electrons. The zero-order chi connectivity index (χ0) is 21.4. The van der Waals surface area contributed by atoms with Crippen LogP contribution in [0.2, 0.25) is 0 Å². The first-order chi connectivity index (χ1) is 15.0. The van der Waals surface area contributed by atoms with E-state index in [9.17, 15) is 13.2 Å². The number of aromatic nitrogens is 2. The first-order valence-electron chi connectivity index (χ1n) is 9.95. The number of hydrogen-bond donors (Lipinski definition) is 2. The Morgan fingerprint density at radius 1 is 0.903 bits per heavy atom. The third-order valence-corrected chi connectivity index (χ3v) is 5.28. The van der Waals surface area contributed by atoms with Crippen molar-refractivity contribution in [2.75, 3.05) is 36.4 Å². The molecule has 1 aromatic heterocycles. The standard InChI is InChI=1S/C22H19F3N6/c23-22(24,25)16-7-3-1-5-14(16)20-28-18(13-19(30-20)31-11-9-26-10-12-31)29-21-15-6-2-4-8-17(15)27-21/h1-8,13,26H,9-12H2,(H,27,28,29,30). The average Bonchev–Trinajstić information content (AvgIpc) is 2.77. The van der Waals surface area contributed by atoms with Crippen molar-refractivity contribution in [3.8, 4) is 11.4 Å². The lowest BCUT2D eigenvalue weighted by molar-refractivity contribution is -0.137. The van der Waals surface area contributed by atoms with Gasteiger partial charge in [-0.15, -0.1) is 0 Å². The molecule has 0 amide bonds. The summed E-state index contributed by atoms with van der Waals surface area (Å²) in [6.45, 7) is 2.96. The van der Waals surface area contributed by atoms with Gasteiger partial charge in [-0.05, 0) is 18.2 Å². The molecular formula is C22H19F3N6. The molecule has 0 saturated carbocycles. The van der Waals surface area contributed by atoms with Crippen LogP contribution in [0.25, 0.3) is 11.4 Å². The highest BCUT2D eigenvalue weighted by atomic mass is 19.4. The van der Waals surface area contributed by atoms with E-state index in [0.29, 0.717) is 30.6 Å². The van der Waals surface area contributed by atoms with Crippen LogP contribution in [0.15, 0.2) is 59.6 Å². The van der Waals surface area contributed by atoms with Crippen LogP contribution in [0.4, 0.5) is 30.5 Å². The van der Waals surface area contributed by atoms with Crippen LogP contribution in [-0.4, -0.2) is 42.0 Å². The number of benzene rings is 2. The van der Waals surface area contributed by atoms with E-state index in [0.717, 1.165) is 30.4 Å². The zero-order valence-corrected chi connectivity index (χ0v) is 16.4. The second-order valence-corrected chi connectivity index (χ2v) is 7.32. The van der Waals surface area contributed by atoms with E-state index < -0.39 is 11.7 Å². The van der Waals surface area contributed by atoms with Crippen molar-refractivity contribution >= 4 is 23.2 Å². The maximum Gasteiger partial charge on any atom is 0.417 e. The summed E-state index contributed by atoms with van der Waals surface area (Å²) in [5.41, 5.74) is 1.08. The van der Waals surface area contributed by atoms with Gasteiger partial charge in [-0.1, -0.05) is 30.3 Å². The largest absolute Gasteiger partial charge is 0.417 e. The summed E-state index contributed by atoms with van der Waals surface area (Å²) in [6.07, 6.45) is -4.51. The van der Waals surface area contributed by atoms with Crippen molar-refractivity contribution < 1.29 is 13.2 Å². The Bertz CT molecular complexity index is 1150. The summed E-state index contributed by atoms with van der Waals surface area (Å²) in [5.74, 6) is 1.52. The van der Waals surface area contributed by atoms with Gasteiger partial charge < -0.3 is 15.5 Å². The molecule has 31 heavy (non-hydrogen) atoms. The average molecular weight is 424 g/mol. The molecule has 1 fully saturated rings. The minimum absolute atomic E-state index is 0.0101. The number of nitrogens with one attached hydrogen (secondary N) is 2. The number of hydrogen-bond acceptors (Lipinski definition) is 5. The molecule has 2 aliphatic heterocycles. The molecule has 1 saturated heterocycles. The summed E-state index contributed by atoms with van der Waals surface area (Å²) in [4.78, 5) is 15.5. The van der Waals surface area contributed by atoms with Gasteiger partial charge in [0.1, 0.15) is 11.7 Å². The molecule has 2 N–H and O–H groups in total. The fourth-order valence-electron chi connectivity index (χ4n) is 3.71. The molecule has 0 atom stereocenters. The number of aliphatic imine (C=N–C) groups is 1. The van der Waals surface area contributed by atoms with Crippen molar-refractivity contribution in [2.24, 2.45) is 4.99 Å². The first kappa shape index (κ1) is 19.5. The van der Waals surface area contributed by atoms with Gasteiger partial charge in [0.05, 0.1) is 11.3 Å². The summed E-state index contributed by atoms with van der Waals surface area (Å²) >= 11 is 0. The van der Waals surface area contributed by atoms with Crippen molar-refractivity contribution in [1.29, 1.82) is 0 Å². The first-order valence-corrected chi connectivity index (χ1v) is 9.95. The molecule has 158 valence electrons. The lowest BCUT2D eigenvalue weighted by atomic mass is 10.1. The van der Waals surface area contributed by atoms with Crippen LogP contribution < -0.4 is 15.5 Å². The summed E-state index contributed by atoms with van der Waals surface area (Å²) in [5, 5.41) is 6.42. The van der Waals surface area contributed by atoms with Crippen LogP contribution in [0.1, 0.15) is 11.1 Å². The molecule has 0 spiro atoms. The van der Waals surface area contributed by atoms with Gasteiger partial charge in [-0.3, -0.25) is 0 Å². The Morgan fingerprint density at radius 3 is 2.35 bits per heavy atom. The highest BCUT2D eigenvalue weighted by Gasteiger charge is 2.34. The number of piperazine rings is 1. The minimum atomic E-state index is -4.51. The molecule has 9 heteroatoms. The molecule has 0 bridgehead atoms. The van der Waals surface area contributed by atoms with Crippen molar-refractivity contribution in [3.63, 3.8) is 0 Å². The van der Waals surface area contributed by atoms with E-state index in [-0.39, 0.29) is 11.4 Å². The summed E-state index contributed by atoms with van der Waals surface area (Å²) in [7, 11) is 0. The van der Waals surface area contributed by atoms with Crippen LogP contribution in [0.3, 0.4) is 0 Å². The number of nitrogens with zero attached hydrogens (tertiary/aromatic N) is 4. The van der Waals surface area contributed by atoms with Gasteiger partial charge in [0.15, 0.2) is 11.6 Å². The number of rotatable bonds is 3. The zero-order valence-electron chi connectivity index (χ0n) is 16.4. The highest BCUT2D eigenvalue weighted by molar-refractivity contribution is 6.21. The normalized spacial score (nSPS) is 17.1. The van der Waals surface area contributed by atoms with E-state index in [1.807, 2.05) is 29.2 Å². The van der Waals surface area contributed by atoms with E-state index in [1.54, 1.807) is 12.1 Å². The van der Waals surface area contributed by atoms with Crippen molar-refractivity contribution in [3.05, 3.63) is 65.7 Å². The molecule has 0 unspecified atom stereocenters. The Hall–Kier alpha value is -3.46. The fraction of sp³-hybridized carbons (Fsp3) is 0.227. The van der Waals surface area contributed by atoms with Gasteiger partial charge in [0, 0.05) is 43.4 Å². The van der Waals surface area contributed by atoms with Crippen molar-refractivity contribution in [2.45, 2.75) is 6.18 Å². The van der Waals surface area contributed by atoms with E-state index in [2.05, 4.69) is 25.6 Å². The Labute approximate surface area is 176 Å². The number of halogens is 3. The van der Waals surface area contributed by atoms with Gasteiger partial charge in [0.2, 0.25) is 0 Å². The summed E-state index contributed by atoms with van der Waals surface area (Å²) in [6, 6.07) is 14.8. The molecule has 3 heterocycles. The van der Waals surface area contributed by atoms with Crippen LogP contribution in [-0.2, 0) is 6.18 Å². The maximum absolute atomic E-state index is 13.6. The second-order valence-electron chi connectivity index (χ2n) is 7.32. The predicted molar refractivity (Wildman–Crippen MR) is 114 cm³/mol. The van der Waals surface area contributed by atoms with Gasteiger partial charge in [-0.2, -0.15) is 13.2 Å². The predicted octanol–water partition coefficient (Wildman–Crippen LogP) is 4.08. The molecule has 3 aromatic rings. The molecule has 6 nitrogen and oxygen atoms in total. The number of para-hydroxylation sites is 1. The number of fused-ring (bicyclic) bond motifs is 1. The SMILES string of the molecule is FC(F)(F)c1ccccc1-c1nc(N=C2Nc3ccccc32)cc(N2CCNCC2)n1. The third-order valence-electron chi connectivity index (χ3n) is 5.28. The topological polar surface area (TPSA) is 65.4 Å². The van der Waals surface area contributed by atoms with Crippen LogP contribution in [0, 0.1) is 0 Å². The Balaban J connectivity index is 1.62. The molecular weight excluding hydrogens is 405 g/mol. The lowest BCUT2D eigenvalue weighted by Gasteiger charge is -2.29. The van der Waals surface area contributed by atoms with Crippen LogP contribution >= 0.6 is 0 Å². The number of amidine groups is 1.